The smallest absolute Gasteiger partial charge is 0.240 e. The summed E-state index contributed by atoms with van der Waals surface area (Å²) in [5.41, 5.74) is 7.40. The molecule has 1 aromatic rings. The van der Waals surface area contributed by atoms with E-state index in [1.807, 2.05) is 0 Å². The molecule has 0 heterocycles. The molecular formula is C15H21N3O2S. The first-order chi connectivity index (χ1) is 10.0. The summed E-state index contributed by atoms with van der Waals surface area (Å²) in [7, 11) is -2.03. The maximum absolute atomic E-state index is 11.8. The Bertz CT molecular complexity index is 672. The largest absolute Gasteiger partial charge is 0.397 e. The van der Waals surface area contributed by atoms with Crippen LogP contribution in [0.1, 0.15) is 19.3 Å². The van der Waals surface area contributed by atoms with Crippen molar-refractivity contribution in [2.75, 3.05) is 18.1 Å². The standard InChI is InChI=1S/C15H21N3O2S/c1-17-21(19,20)10-4-5-12(11(16)7-10)18-15-13-8-2-3-9(6-8)14(13)15/h4-5,7-9,13-15,17-18H,2-3,6,16H2,1H3. The lowest BCUT2D eigenvalue weighted by Crippen LogP contribution is -2.19. The third-order valence-electron chi connectivity index (χ3n) is 5.66. The second kappa shape index (κ2) is 4.36. The van der Waals surface area contributed by atoms with Gasteiger partial charge in [-0.05, 0) is 68.2 Å². The quantitative estimate of drug-likeness (QED) is 0.738. The highest BCUT2D eigenvalue weighted by Crippen LogP contribution is 2.66. The van der Waals surface area contributed by atoms with Gasteiger partial charge in [0.25, 0.3) is 0 Å². The van der Waals surface area contributed by atoms with Crippen molar-refractivity contribution in [3.8, 4) is 0 Å². The van der Waals surface area contributed by atoms with Crippen molar-refractivity contribution in [1.82, 2.24) is 4.72 Å². The summed E-state index contributed by atoms with van der Waals surface area (Å²) in [4.78, 5) is 0.212. The molecule has 2 bridgehead atoms. The molecule has 1 aromatic carbocycles. The van der Waals surface area contributed by atoms with Gasteiger partial charge in [-0.1, -0.05) is 0 Å². The lowest BCUT2D eigenvalue weighted by atomic mass is 10.0. The maximum atomic E-state index is 11.8. The van der Waals surface area contributed by atoms with Crippen LogP contribution in [0.15, 0.2) is 23.1 Å². The van der Waals surface area contributed by atoms with Gasteiger partial charge in [-0.2, -0.15) is 0 Å². The minimum atomic E-state index is -3.43. The molecule has 5 nitrogen and oxygen atoms in total. The van der Waals surface area contributed by atoms with Crippen LogP contribution in [0.25, 0.3) is 0 Å². The molecule has 4 N–H and O–H groups in total. The Hall–Kier alpha value is -1.27. The van der Waals surface area contributed by atoms with E-state index in [9.17, 15) is 8.42 Å². The van der Waals surface area contributed by atoms with Crippen molar-refractivity contribution in [1.29, 1.82) is 0 Å². The Morgan fingerprint density at radius 3 is 2.43 bits per heavy atom. The van der Waals surface area contributed by atoms with E-state index >= 15 is 0 Å². The topological polar surface area (TPSA) is 84.2 Å². The molecule has 4 rings (SSSR count). The summed E-state index contributed by atoms with van der Waals surface area (Å²) >= 11 is 0. The fourth-order valence-corrected chi connectivity index (χ4v) is 5.42. The summed E-state index contributed by atoms with van der Waals surface area (Å²) in [6, 6.07) is 5.47. The van der Waals surface area contributed by atoms with E-state index < -0.39 is 10.0 Å². The Morgan fingerprint density at radius 1 is 1.19 bits per heavy atom. The average Bonchev–Trinajstić information content (AvgIpc) is 2.84. The van der Waals surface area contributed by atoms with Crippen molar-refractivity contribution in [2.45, 2.75) is 30.2 Å². The van der Waals surface area contributed by atoms with E-state index in [1.54, 1.807) is 12.1 Å². The van der Waals surface area contributed by atoms with Crippen molar-refractivity contribution in [3.05, 3.63) is 18.2 Å². The van der Waals surface area contributed by atoms with Gasteiger partial charge in [0.05, 0.1) is 16.3 Å². The van der Waals surface area contributed by atoms with Crippen LogP contribution in [0.4, 0.5) is 11.4 Å². The number of sulfonamides is 1. The number of rotatable bonds is 4. The second-order valence-electron chi connectivity index (χ2n) is 6.61. The zero-order chi connectivity index (χ0) is 14.8. The Morgan fingerprint density at radius 2 is 1.86 bits per heavy atom. The fourth-order valence-electron chi connectivity index (χ4n) is 4.66. The number of nitrogens with two attached hydrogens (primary N) is 1. The number of nitrogens with one attached hydrogen (secondary N) is 2. The molecule has 3 aliphatic carbocycles. The van der Waals surface area contributed by atoms with Gasteiger partial charge in [-0.15, -0.1) is 0 Å². The van der Waals surface area contributed by atoms with Gasteiger partial charge >= 0.3 is 0 Å². The van der Waals surface area contributed by atoms with E-state index in [0.717, 1.165) is 29.4 Å². The van der Waals surface area contributed by atoms with Gasteiger partial charge < -0.3 is 11.1 Å². The van der Waals surface area contributed by atoms with Gasteiger partial charge in [0.2, 0.25) is 10.0 Å². The minimum Gasteiger partial charge on any atom is -0.397 e. The molecule has 3 saturated carbocycles. The normalized spacial score (nSPS) is 36.5. The molecule has 6 heteroatoms. The molecule has 0 radical (unpaired) electrons. The summed E-state index contributed by atoms with van der Waals surface area (Å²) in [5, 5.41) is 3.54. The summed E-state index contributed by atoms with van der Waals surface area (Å²) in [5.74, 6) is 3.46. The third-order valence-corrected chi connectivity index (χ3v) is 7.07. The van der Waals surface area contributed by atoms with Crippen molar-refractivity contribution >= 4 is 21.4 Å². The number of benzene rings is 1. The lowest BCUT2D eigenvalue weighted by Gasteiger charge is -2.14. The highest BCUT2D eigenvalue weighted by molar-refractivity contribution is 7.89. The maximum Gasteiger partial charge on any atom is 0.240 e. The zero-order valence-corrected chi connectivity index (χ0v) is 12.9. The molecule has 3 aliphatic rings. The van der Waals surface area contributed by atoms with Crippen LogP contribution < -0.4 is 15.8 Å². The van der Waals surface area contributed by atoms with Crippen LogP contribution in [-0.4, -0.2) is 21.5 Å². The first-order valence-electron chi connectivity index (χ1n) is 7.61. The van der Waals surface area contributed by atoms with Crippen LogP contribution in [-0.2, 0) is 10.0 Å². The van der Waals surface area contributed by atoms with Crippen LogP contribution in [0.5, 0.6) is 0 Å². The van der Waals surface area contributed by atoms with Crippen LogP contribution in [0.2, 0.25) is 0 Å². The SMILES string of the molecule is CNS(=O)(=O)c1ccc(NC2C3C4CCC(C4)C23)c(N)c1. The molecular weight excluding hydrogens is 286 g/mol. The van der Waals surface area contributed by atoms with E-state index in [-0.39, 0.29) is 4.90 Å². The van der Waals surface area contributed by atoms with E-state index in [4.69, 9.17) is 5.73 Å². The molecule has 114 valence electrons. The van der Waals surface area contributed by atoms with E-state index in [2.05, 4.69) is 10.0 Å². The molecule has 21 heavy (non-hydrogen) atoms. The Kier molecular flexibility index (Phi) is 2.78. The van der Waals surface area contributed by atoms with Crippen molar-refractivity contribution in [2.24, 2.45) is 23.7 Å². The minimum absolute atomic E-state index is 0.212. The zero-order valence-electron chi connectivity index (χ0n) is 12.0. The Balaban J connectivity index is 1.52. The summed E-state index contributed by atoms with van der Waals surface area (Å²) < 4.78 is 25.8. The number of hydrogen-bond donors (Lipinski definition) is 3. The average molecular weight is 307 g/mol. The molecule has 4 unspecified atom stereocenters. The van der Waals surface area contributed by atoms with Gasteiger partial charge in [-0.25, -0.2) is 13.1 Å². The van der Waals surface area contributed by atoms with Crippen molar-refractivity contribution < 1.29 is 8.42 Å². The van der Waals surface area contributed by atoms with Crippen molar-refractivity contribution in [3.63, 3.8) is 0 Å². The molecule has 0 amide bonds. The highest BCUT2D eigenvalue weighted by atomic mass is 32.2. The highest BCUT2D eigenvalue weighted by Gasteiger charge is 2.65. The number of anilines is 2. The lowest BCUT2D eigenvalue weighted by molar-refractivity contribution is 0.456. The van der Waals surface area contributed by atoms with E-state index in [1.165, 1.54) is 32.4 Å². The number of fused-ring (bicyclic) bond motifs is 5. The predicted octanol–water partition coefficient (Wildman–Crippen LogP) is 1.63. The van der Waals surface area contributed by atoms with Gasteiger partial charge in [0, 0.05) is 6.04 Å². The first kappa shape index (κ1) is 13.4. The molecule has 0 spiro atoms. The molecule has 0 aliphatic heterocycles. The van der Waals surface area contributed by atoms with Crippen LogP contribution >= 0.6 is 0 Å². The number of hydrogen-bond acceptors (Lipinski definition) is 4. The Labute approximate surface area is 125 Å². The summed E-state index contributed by atoms with van der Waals surface area (Å²) in [6.07, 6.45) is 4.19. The number of nitrogen functional groups attached to an aromatic ring is 1. The molecule has 0 aromatic heterocycles. The predicted molar refractivity (Wildman–Crippen MR) is 82.3 cm³/mol. The third kappa shape index (κ3) is 1.96. The van der Waals surface area contributed by atoms with E-state index in [0.29, 0.717) is 11.7 Å². The fraction of sp³-hybridized carbons (Fsp3) is 0.600. The van der Waals surface area contributed by atoms with Gasteiger partial charge in [-0.3, -0.25) is 0 Å². The first-order valence-corrected chi connectivity index (χ1v) is 9.09. The van der Waals surface area contributed by atoms with Gasteiger partial charge in [0.1, 0.15) is 0 Å². The molecule has 0 saturated heterocycles. The van der Waals surface area contributed by atoms with Gasteiger partial charge in [0.15, 0.2) is 0 Å². The van der Waals surface area contributed by atoms with Crippen LogP contribution in [0, 0.1) is 23.7 Å². The summed E-state index contributed by atoms with van der Waals surface area (Å²) in [6.45, 7) is 0. The second-order valence-corrected chi connectivity index (χ2v) is 8.50. The molecule has 3 fully saturated rings. The van der Waals surface area contributed by atoms with Crippen LogP contribution in [0.3, 0.4) is 0 Å². The molecule has 4 atom stereocenters. The monoisotopic (exact) mass is 307 g/mol.